The summed E-state index contributed by atoms with van der Waals surface area (Å²) in [5.74, 6) is 0. The van der Waals surface area contributed by atoms with Crippen molar-refractivity contribution in [2.24, 2.45) is 0 Å². The lowest BCUT2D eigenvalue weighted by atomic mass is 10.1. The molecule has 1 aromatic carbocycles. The summed E-state index contributed by atoms with van der Waals surface area (Å²) in [6.07, 6.45) is 0.940. The van der Waals surface area contributed by atoms with Gasteiger partial charge in [0.05, 0.1) is 0 Å². The third-order valence-corrected chi connectivity index (χ3v) is 3.01. The number of ether oxygens (including phenoxy) is 1. The van der Waals surface area contributed by atoms with Crippen LogP contribution in [-0.2, 0) is 4.74 Å². The van der Waals surface area contributed by atoms with Crippen molar-refractivity contribution in [3.63, 3.8) is 0 Å². The van der Waals surface area contributed by atoms with Crippen molar-refractivity contribution >= 4 is 28.7 Å². The van der Waals surface area contributed by atoms with Crippen LogP contribution in [0.2, 0.25) is 0 Å². The van der Waals surface area contributed by atoms with Gasteiger partial charge in [-0.05, 0) is 43.3 Å². The van der Waals surface area contributed by atoms with Gasteiger partial charge in [-0.25, -0.2) is 0 Å². The van der Waals surface area contributed by atoms with Crippen LogP contribution in [0.5, 0.6) is 0 Å². The van der Waals surface area contributed by atoms with Gasteiger partial charge in [0.1, 0.15) is 0 Å². The van der Waals surface area contributed by atoms with E-state index in [0.29, 0.717) is 5.11 Å². The lowest BCUT2D eigenvalue weighted by Crippen LogP contribution is -2.29. The lowest BCUT2D eigenvalue weighted by molar-refractivity contribution is 0.196. The van der Waals surface area contributed by atoms with Gasteiger partial charge in [0, 0.05) is 45.7 Å². The Morgan fingerprint density at radius 2 is 2.11 bits per heavy atom. The summed E-state index contributed by atoms with van der Waals surface area (Å²) in [7, 11) is 5.77. The first-order chi connectivity index (χ1) is 9.04. The first-order valence-corrected chi connectivity index (χ1v) is 6.77. The number of thiocarbonyl (C=S) groups is 1. The number of methoxy groups -OCH3 is 1. The topological polar surface area (TPSA) is 36.5 Å². The molecule has 2 N–H and O–H groups in total. The Balaban J connectivity index is 2.52. The fraction of sp³-hybridized carbons (Fsp3) is 0.500. The van der Waals surface area contributed by atoms with E-state index < -0.39 is 0 Å². The zero-order valence-electron chi connectivity index (χ0n) is 12.1. The highest BCUT2D eigenvalue weighted by molar-refractivity contribution is 7.80. The zero-order chi connectivity index (χ0) is 14.3. The van der Waals surface area contributed by atoms with Crippen molar-refractivity contribution in [3.8, 4) is 0 Å². The average Bonchev–Trinajstić information content (AvgIpc) is 2.36. The second-order valence-electron chi connectivity index (χ2n) is 4.62. The van der Waals surface area contributed by atoms with Gasteiger partial charge >= 0.3 is 0 Å². The Morgan fingerprint density at radius 3 is 2.74 bits per heavy atom. The van der Waals surface area contributed by atoms with Gasteiger partial charge in [0.2, 0.25) is 0 Å². The SMILES string of the molecule is COCCCNC(=S)Nc1ccc(C)c(N(C)C)c1. The van der Waals surface area contributed by atoms with Gasteiger partial charge in [0.15, 0.2) is 5.11 Å². The van der Waals surface area contributed by atoms with Gasteiger partial charge in [-0.1, -0.05) is 6.07 Å². The molecule has 0 saturated heterocycles. The molecule has 0 aliphatic carbocycles. The number of nitrogens with one attached hydrogen (secondary N) is 2. The van der Waals surface area contributed by atoms with Gasteiger partial charge in [-0.15, -0.1) is 0 Å². The Kier molecular flexibility index (Phi) is 6.59. The van der Waals surface area contributed by atoms with E-state index >= 15 is 0 Å². The minimum atomic E-state index is 0.643. The maximum atomic E-state index is 5.25. The summed E-state index contributed by atoms with van der Waals surface area (Å²) in [5, 5.41) is 6.99. The van der Waals surface area contributed by atoms with Crippen molar-refractivity contribution in [1.29, 1.82) is 0 Å². The number of aryl methyl sites for hydroxylation is 1. The second kappa shape index (κ2) is 7.96. The molecule has 0 radical (unpaired) electrons. The van der Waals surface area contributed by atoms with Crippen molar-refractivity contribution in [2.75, 3.05) is 44.6 Å². The number of anilines is 2. The van der Waals surface area contributed by atoms with Crippen LogP contribution in [0.4, 0.5) is 11.4 Å². The largest absolute Gasteiger partial charge is 0.385 e. The van der Waals surface area contributed by atoms with E-state index in [9.17, 15) is 0 Å². The van der Waals surface area contributed by atoms with Crippen molar-refractivity contribution in [1.82, 2.24) is 5.32 Å². The molecule has 5 heteroatoms. The quantitative estimate of drug-likeness (QED) is 0.618. The fourth-order valence-corrected chi connectivity index (χ4v) is 1.98. The second-order valence-corrected chi connectivity index (χ2v) is 5.03. The molecular formula is C14H23N3OS. The average molecular weight is 281 g/mol. The Labute approximate surface area is 121 Å². The summed E-state index contributed by atoms with van der Waals surface area (Å²) >= 11 is 5.25. The minimum absolute atomic E-state index is 0.643. The number of rotatable bonds is 6. The highest BCUT2D eigenvalue weighted by Gasteiger charge is 2.03. The molecule has 1 rings (SSSR count). The molecular weight excluding hydrogens is 258 g/mol. The molecule has 0 amide bonds. The molecule has 0 aliphatic heterocycles. The van der Waals surface area contributed by atoms with Crippen LogP contribution in [0.3, 0.4) is 0 Å². The first kappa shape index (κ1) is 15.7. The van der Waals surface area contributed by atoms with Crippen LogP contribution in [0.1, 0.15) is 12.0 Å². The van der Waals surface area contributed by atoms with Crippen LogP contribution >= 0.6 is 12.2 Å². The molecule has 0 spiro atoms. The lowest BCUT2D eigenvalue weighted by Gasteiger charge is -2.18. The maximum Gasteiger partial charge on any atom is 0.170 e. The molecule has 4 nitrogen and oxygen atoms in total. The number of hydrogen-bond donors (Lipinski definition) is 2. The van der Waals surface area contributed by atoms with E-state index in [2.05, 4.69) is 34.6 Å². The third-order valence-electron chi connectivity index (χ3n) is 2.76. The van der Waals surface area contributed by atoms with Crippen LogP contribution in [0.15, 0.2) is 18.2 Å². The van der Waals surface area contributed by atoms with E-state index in [-0.39, 0.29) is 0 Å². The molecule has 0 fully saturated rings. The van der Waals surface area contributed by atoms with Crippen molar-refractivity contribution in [3.05, 3.63) is 23.8 Å². The van der Waals surface area contributed by atoms with Crippen LogP contribution in [0.25, 0.3) is 0 Å². The highest BCUT2D eigenvalue weighted by atomic mass is 32.1. The maximum absolute atomic E-state index is 5.25. The molecule has 0 aromatic heterocycles. The molecule has 106 valence electrons. The van der Waals surface area contributed by atoms with Crippen LogP contribution in [-0.4, -0.2) is 39.5 Å². The number of benzene rings is 1. The number of nitrogens with zero attached hydrogens (tertiary/aromatic N) is 1. The van der Waals surface area contributed by atoms with Gasteiger partial charge in [-0.2, -0.15) is 0 Å². The standard InChI is InChI=1S/C14H23N3OS/c1-11-6-7-12(10-13(11)17(2)3)16-14(19)15-8-5-9-18-4/h6-7,10H,5,8-9H2,1-4H3,(H2,15,16,19). The van der Waals surface area contributed by atoms with E-state index in [4.69, 9.17) is 17.0 Å². The summed E-state index contributed by atoms with van der Waals surface area (Å²) in [6, 6.07) is 6.22. The minimum Gasteiger partial charge on any atom is -0.385 e. The zero-order valence-corrected chi connectivity index (χ0v) is 12.9. The predicted octanol–water partition coefficient (Wildman–Crippen LogP) is 2.38. The molecule has 0 bridgehead atoms. The number of hydrogen-bond acceptors (Lipinski definition) is 3. The van der Waals surface area contributed by atoms with Crippen molar-refractivity contribution < 1.29 is 4.74 Å². The van der Waals surface area contributed by atoms with Crippen LogP contribution in [0, 0.1) is 6.92 Å². The van der Waals surface area contributed by atoms with Gasteiger partial charge < -0.3 is 20.3 Å². The van der Waals surface area contributed by atoms with Crippen LogP contribution < -0.4 is 15.5 Å². The summed E-state index contributed by atoms with van der Waals surface area (Å²) in [4.78, 5) is 2.09. The van der Waals surface area contributed by atoms with E-state index in [0.717, 1.165) is 25.3 Å². The Bertz CT molecular complexity index is 421. The van der Waals surface area contributed by atoms with E-state index in [1.165, 1.54) is 11.3 Å². The molecule has 1 aromatic rings. The molecule has 19 heavy (non-hydrogen) atoms. The predicted molar refractivity (Wildman–Crippen MR) is 86.2 cm³/mol. The summed E-state index contributed by atoms with van der Waals surface area (Å²) in [5.41, 5.74) is 3.43. The van der Waals surface area contributed by atoms with Crippen molar-refractivity contribution in [2.45, 2.75) is 13.3 Å². The molecule has 0 aliphatic rings. The van der Waals surface area contributed by atoms with E-state index in [1.54, 1.807) is 7.11 Å². The monoisotopic (exact) mass is 281 g/mol. The third kappa shape index (κ3) is 5.44. The normalized spacial score (nSPS) is 10.1. The molecule has 0 atom stereocenters. The fourth-order valence-electron chi connectivity index (χ4n) is 1.76. The first-order valence-electron chi connectivity index (χ1n) is 6.36. The van der Waals surface area contributed by atoms with E-state index in [1.807, 2.05) is 20.2 Å². The van der Waals surface area contributed by atoms with Gasteiger partial charge in [-0.3, -0.25) is 0 Å². The Hall–Kier alpha value is -1.33. The molecule has 0 unspecified atom stereocenters. The Morgan fingerprint density at radius 1 is 1.37 bits per heavy atom. The summed E-state index contributed by atoms with van der Waals surface area (Å²) in [6.45, 7) is 3.65. The summed E-state index contributed by atoms with van der Waals surface area (Å²) < 4.78 is 4.99. The molecule has 0 saturated carbocycles. The molecule has 0 heterocycles. The highest BCUT2D eigenvalue weighted by Crippen LogP contribution is 2.22. The van der Waals surface area contributed by atoms with Gasteiger partial charge in [0.25, 0.3) is 0 Å². The smallest absolute Gasteiger partial charge is 0.170 e.